The van der Waals surface area contributed by atoms with Gasteiger partial charge in [-0.3, -0.25) is 0 Å². The minimum atomic E-state index is -0.739. The summed E-state index contributed by atoms with van der Waals surface area (Å²) in [5, 5.41) is 14.3. The average molecular weight is 235 g/mol. The van der Waals surface area contributed by atoms with E-state index in [9.17, 15) is 5.11 Å². The fourth-order valence-electron chi connectivity index (χ4n) is 2.74. The first-order chi connectivity index (χ1) is 8.09. The van der Waals surface area contributed by atoms with Gasteiger partial charge in [0, 0.05) is 24.9 Å². The maximum atomic E-state index is 11.0. The van der Waals surface area contributed by atoms with Crippen LogP contribution < -0.4 is 10.1 Å². The summed E-state index contributed by atoms with van der Waals surface area (Å²) in [6, 6.07) is 7.76. The van der Waals surface area contributed by atoms with Crippen LogP contribution in [0.25, 0.3) is 0 Å². The number of ether oxygens (including phenoxy) is 1. The lowest BCUT2D eigenvalue weighted by atomic mass is 9.71. The van der Waals surface area contributed by atoms with Crippen LogP contribution in [0.3, 0.4) is 0 Å². The Hall–Kier alpha value is -1.06. The monoisotopic (exact) mass is 235 g/mol. The normalized spacial score (nSPS) is 33.4. The van der Waals surface area contributed by atoms with E-state index < -0.39 is 5.60 Å². The number of piperidine rings is 1. The van der Waals surface area contributed by atoms with Crippen LogP contribution >= 0.6 is 0 Å². The maximum absolute atomic E-state index is 11.0. The van der Waals surface area contributed by atoms with Crippen LogP contribution in [0.1, 0.15) is 19.4 Å². The smallest absolute Gasteiger partial charge is 0.118 e. The summed E-state index contributed by atoms with van der Waals surface area (Å²) < 4.78 is 5.15. The fourth-order valence-corrected chi connectivity index (χ4v) is 2.74. The number of aliphatic hydroxyl groups is 1. The Bertz CT molecular complexity index is 364. The maximum Gasteiger partial charge on any atom is 0.118 e. The molecule has 17 heavy (non-hydrogen) atoms. The summed E-state index contributed by atoms with van der Waals surface area (Å²) >= 11 is 0. The summed E-state index contributed by atoms with van der Waals surface area (Å²) in [5.41, 5.74) is 0.247. The van der Waals surface area contributed by atoms with Crippen molar-refractivity contribution >= 4 is 0 Å². The van der Waals surface area contributed by atoms with E-state index in [2.05, 4.69) is 19.2 Å². The zero-order valence-electron chi connectivity index (χ0n) is 10.7. The van der Waals surface area contributed by atoms with Crippen molar-refractivity contribution in [1.82, 2.24) is 5.32 Å². The molecule has 1 aliphatic rings. The van der Waals surface area contributed by atoms with Crippen LogP contribution in [0.5, 0.6) is 5.75 Å². The molecule has 2 rings (SSSR count). The topological polar surface area (TPSA) is 41.5 Å². The Morgan fingerprint density at radius 2 is 1.71 bits per heavy atom. The van der Waals surface area contributed by atoms with Gasteiger partial charge in [0.05, 0.1) is 12.7 Å². The minimum absolute atomic E-state index is 0.208. The van der Waals surface area contributed by atoms with E-state index in [0.717, 1.165) is 24.4 Å². The second-order valence-corrected chi connectivity index (χ2v) is 5.01. The van der Waals surface area contributed by atoms with Gasteiger partial charge in [0.25, 0.3) is 0 Å². The molecule has 3 atom stereocenters. The van der Waals surface area contributed by atoms with Crippen LogP contribution in [-0.2, 0) is 5.60 Å². The molecule has 2 unspecified atom stereocenters. The number of hydrogen-bond donors (Lipinski definition) is 2. The molecule has 0 aliphatic carbocycles. The third-order valence-corrected chi connectivity index (χ3v) is 3.96. The molecule has 1 heterocycles. The SMILES string of the molecule is COc1ccc(C2(O)C(C)CNC[C@H]2C)cc1. The molecular weight excluding hydrogens is 214 g/mol. The van der Waals surface area contributed by atoms with Gasteiger partial charge in [0.15, 0.2) is 0 Å². The van der Waals surface area contributed by atoms with E-state index in [-0.39, 0.29) is 11.8 Å². The Balaban J connectivity index is 2.34. The molecule has 0 radical (unpaired) electrons. The summed E-state index contributed by atoms with van der Waals surface area (Å²) in [6.45, 7) is 5.89. The minimum Gasteiger partial charge on any atom is -0.497 e. The summed E-state index contributed by atoms with van der Waals surface area (Å²) in [5.74, 6) is 1.24. The Morgan fingerprint density at radius 1 is 1.18 bits per heavy atom. The second kappa shape index (κ2) is 4.67. The van der Waals surface area contributed by atoms with Crippen LogP contribution in [0.4, 0.5) is 0 Å². The van der Waals surface area contributed by atoms with Gasteiger partial charge < -0.3 is 15.2 Å². The molecule has 0 bridgehead atoms. The van der Waals surface area contributed by atoms with Gasteiger partial charge in [-0.15, -0.1) is 0 Å². The zero-order chi connectivity index (χ0) is 12.5. The molecule has 3 heteroatoms. The number of nitrogens with one attached hydrogen (secondary N) is 1. The fraction of sp³-hybridized carbons (Fsp3) is 0.571. The van der Waals surface area contributed by atoms with Crippen LogP contribution in [0.15, 0.2) is 24.3 Å². The molecule has 94 valence electrons. The standard InChI is InChI=1S/C14H21NO2/c1-10-8-15-9-11(2)14(10,16)12-4-6-13(17-3)7-5-12/h4-7,10-11,15-16H,8-9H2,1-3H3/t10-,11?,14?/m1/s1. The number of methoxy groups -OCH3 is 1. The Morgan fingerprint density at radius 3 is 2.18 bits per heavy atom. The van der Waals surface area contributed by atoms with Crippen molar-refractivity contribution in [2.24, 2.45) is 11.8 Å². The van der Waals surface area contributed by atoms with Crippen molar-refractivity contribution in [3.8, 4) is 5.75 Å². The zero-order valence-corrected chi connectivity index (χ0v) is 10.7. The van der Waals surface area contributed by atoms with Crippen molar-refractivity contribution < 1.29 is 9.84 Å². The molecule has 1 aliphatic heterocycles. The predicted octanol–water partition coefficient (Wildman–Crippen LogP) is 1.76. The summed E-state index contributed by atoms with van der Waals surface area (Å²) in [7, 11) is 1.65. The van der Waals surface area contributed by atoms with Gasteiger partial charge in [-0.1, -0.05) is 26.0 Å². The van der Waals surface area contributed by atoms with E-state index in [1.807, 2.05) is 24.3 Å². The van der Waals surface area contributed by atoms with Gasteiger partial charge in [0.2, 0.25) is 0 Å². The molecule has 0 spiro atoms. The second-order valence-electron chi connectivity index (χ2n) is 5.01. The van der Waals surface area contributed by atoms with Crippen LogP contribution in [0.2, 0.25) is 0 Å². The molecular formula is C14H21NO2. The van der Waals surface area contributed by atoms with E-state index in [0.29, 0.717) is 0 Å². The van der Waals surface area contributed by atoms with Gasteiger partial charge in [-0.25, -0.2) is 0 Å². The third-order valence-electron chi connectivity index (χ3n) is 3.96. The van der Waals surface area contributed by atoms with E-state index in [1.165, 1.54) is 0 Å². The van der Waals surface area contributed by atoms with Crippen molar-refractivity contribution in [3.63, 3.8) is 0 Å². The lowest BCUT2D eigenvalue weighted by molar-refractivity contribution is -0.0807. The first-order valence-corrected chi connectivity index (χ1v) is 6.16. The molecule has 0 amide bonds. The van der Waals surface area contributed by atoms with Crippen molar-refractivity contribution in [1.29, 1.82) is 0 Å². The Kier molecular flexibility index (Phi) is 3.40. The molecule has 1 fully saturated rings. The van der Waals surface area contributed by atoms with Gasteiger partial charge >= 0.3 is 0 Å². The van der Waals surface area contributed by atoms with Crippen molar-refractivity contribution in [2.75, 3.05) is 20.2 Å². The largest absolute Gasteiger partial charge is 0.497 e. The lowest BCUT2D eigenvalue weighted by Crippen LogP contribution is -2.52. The van der Waals surface area contributed by atoms with E-state index in [1.54, 1.807) is 7.11 Å². The third kappa shape index (κ3) is 2.05. The molecule has 1 saturated heterocycles. The molecule has 1 aromatic rings. The highest BCUT2D eigenvalue weighted by molar-refractivity contribution is 5.32. The highest BCUT2D eigenvalue weighted by Crippen LogP contribution is 2.39. The number of rotatable bonds is 2. The van der Waals surface area contributed by atoms with Crippen molar-refractivity contribution in [2.45, 2.75) is 19.4 Å². The summed E-state index contributed by atoms with van der Waals surface area (Å²) in [6.07, 6.45) is 0. The first-order valence-electron chi connectivity index (χ1n) is 6.16. The first kappa shape index (κ1) is 12.4. The molecule has 3 nitrogen and oxygen atoms in total. The number of hydrogen-bond acceptors (Lipinski definition) is 3. The van der Waals surface area contributed by atoms with Crippen LogP contribution in [-0.4, -0.2) is 25.3 Å². The average Bonchev–Trinajstić information content (AvgIpc) is 2.36. The lowest BCUT2D eigenvalue weighted by Gasteiger charge is -2.44. The quantitative estimate of drug-likeness (QED) is 0.820. The van der Waals surface area contributed by atoms with Gasteiger partial charge in [-0.2, -0.15) is 0 Å². The van der Waals surface area contributed by atoms with Crippen LogP contribution in [0, 0.1) is 11.8 Å². The van der Waals surface area contributed by atoms with Gasteiger partial charge in [-0.05, 0) is 17.7 Å². The molecule has 1 aromatic carbocycles. The molecule has 0 aromatic heterocycles. The molecule has 2 N–H and O–H groups in total. The van der Waals surface area contributed by atoms with Crippen molar-refractivity contribution in [3.05, 3.63) is 29.8 Å². The highest BCUT2D eigenvalue weighted by atomic mass is 16.5. The molecule has 0 saturated carbocycles. The predicted molar refractivity (Wildman–Crippen MR) is 68.1 cm³/mol. The highest BCUT2D eigenvalue weighted by Gasteiger charge is 2.43. The Labute approximate surface area is 103 Å². The van der Waals surface area contributed by atoms with Gasteiger partial charge in [0.1, 0.15) is 5.75 Å². The van der Waals surface area contributed by atoms with E-state index in [4.69, 9.17) is 4.74 Å². The van der Waals surface area contributed by atoms with E-state index >= 15 is 0 Å². The number of benzene rings is 1. The summed E-state index contributed by atoms with van der Waals surface area (Å²) in [4.78, 5) is 0.